The number of rotatable bonds is 6. The number of halogens is 2. The maximum absolute atomic E-state index is 12.8. The quantitative estimate of drug-likeness (QED) is 0.871. The number of nitrogens with zero attached hydrogens (tertiary/aromatic N) is 1. The van der Waals surface area contributed by atoms with Crippen LogP contribution in [0.2, 0.25) is 5.02 Å². The van der Waals surface area contributed by atoms with Gasteiger partial charge in [0.15, 0.2) is 0 Å². The van der Waals surface area contributed by atoms with Gasteiger partial charge in [-0.3, -0.25) is 0 Å². The van der Waals surface area contributed by atoms with E-state index in [0.29, 0.717) is 6.42 Å². The molecule has 0 aliphatic rings. The van der Waals surface area contributed by atoms with Gasteiger partial charge in [-0.2, -0.15) is 0 Å². The van der Waals surface area contributed by atoms with Gasteiger partial charge in [0.25, 0.3) is 0 Å². The van der Waals surface area contributed by atoms with E-state index in [-0.39, 0.29) is 5.82 Å². The third-order valence-corrected chi connectivity index (χ3v) is 3.66. The molecule has 0 bridgehead atoms. The highest BCUT2D eigenvalue weighted by molar-refractivity contribution is 6.30. The fraction of sp³-hybridized carbons (Fsp3) is 0.294. The molecule has 0 aliphatic heterocycles. The van der Waals surface area contributed by atoms with Gasteiger partial charge >= 0.3 is 0 Å². The molecule has 2 rings (SSSR count). The first-order chi connectivity index (χ1) is 10.0. The molecule has 0 fully saturated rings. The van der Waals surface area contributed by atoms with Crippen LogP contribution in [-0.2, 0) is 6.54 Å². The van der Waals surface area contributed by atoms with Gasteiger partial charge < -0.3 is 10.0 Å². The molecule has 112 valence electrons. The van der Waals surface area contributed by atoms with Crippen molar-refractivity contribution in [2.24, 2.45) is 0 Å². The van der Waals surface area contributed by atoms with Crippen molar-refractivity contribution >= 4 is 11.6 Å². The lowest BCUT2D eigenvalue weighted by Gasteiger charge is -2.19. The summed E-state index contributed by atoms with van der Waals surface area (Å²) in [6.45, 7) is 1.55. The summed E-state index contributed by atoms with van der Waals surface area (Å²) in [4.78, 5) is 2.13. The predicted octanol–water partition coefficient (Wildman–Crippen LogP) is 4.03. The van der Waals surface area contributed by atoms with E-state index in [0.717, 1.165) is 23.7 Å². The van der Waals surface area contributed by atoms with E-state index in [1.54, 1.807) is 12.1 Å². The van der Waals surface area contributed by atoms with E-state index in [2.05, 4.69) is 4.90 Å². The van der Waals surface area contributed by atoms with E-state index >= 15 is 0 Å². The lowest BCUT2D eigenvalue weighted by molar-refractivity contribution is 0.147. The Labute approximate surface area is 129 Å². The van der Waals surface area contributed by atoms with E-state index < -0.39 is 6.10 Å². The van der Waals surface area contributed by atoms with Crippen LogP contribution < -0.4 is 0 Å². The summed E-state index contributed by atoms with van der Waals surface area (Å²) in [6, 6.07) is 13.7. The fourth-order valence-corrected chi connectivity index (χ4v) is 2.30. The van der Waals surface area contributed by atoms with Crippen LogP contribution in [-0.4, -0.2) is 23.6 Å². The molecule has 0 spiro atoms. The molecule has 0 aromatic heterocycles. The zero-order chi connectivity index (χ0) is 15.2. The molecule has 0 radical (unpaired) electrons. The Morgan fingerprint density at radius 1 is 1.10 bits per heavy atom. The Morgan fingerprint density at radius 3 is 2.33 bits per heavy atom. The van der Waals surface area contributed by atoms with E-state index in [9.17, 15) is 9.50 Å². The van der Waals surface area contributed by atoms with Crippen LogP contribution in [0.3, 0.4) is 0 Å². The highest BCUT2D eigenvalue weighted by Gasteiger charge is 2.09. The van der Waals surface area contributed by atoms with Crippen molar-refractivity contribution in [2.75, 3.05) is 13.6 Å². The fourth-order valence-electron chi connectivity index (χ4n) is 2.17. The molecule has 0 saturated heterocycles. The lowest BCUT2D eigenvalue weighted by atomic mass is 10.1. The smallest absolute Gasteiger partial charge is 0.123 e. The summed E-state index contributed by atoms with van der Waals surface area (Å²) in [5.74, 6) is -0.286. The zero-order valence-corrected chi connectivity index (χ0v) is 12.7. The van der Waals surface area contributed by atoms with Gasteiger partial charge in [-0.15, -0.1) is 0 Å². The second kappa shape index (κ2) is 7.55. The molecular formula is C17H19ClFNO. The normalized spacial score (nSPS) is 12.6. The van der Waals surface area contributed by atoms with Gasteiger partial charge in [0, 0.05) is 18.1 Å². The number of hydrogen-bond acceptors (Lipinski definition) is 2. The molecule has 2 aromatic rings. The summed E-state index contributed by atoms with van der Waals surface area (Å²) < 4.78 is 12.8. The number of aliphatic hydroxyl groups is 1. The van der Waals surface area contributed by atoms with Crippen molar-refractivity contribution < 1.29 is 9.50 Å². The SMILES string of the molecule is CN(CCC(O)c1ccc(F)cc1)Cc1ccc(Cl)cc1. The van der Waals surface area contributed by atoms with Crippen molar-refractivity contribution in [2.45, 2.75) is 19.1 Å². The predicted molar refractivity (Wildman–Crippen MR) is 83.8 cm³/mol. The van der Waals surface area contributed by atoms with Crippen LogP contribution in [0, 0.1) is 5.82 Å². The van der Waals surface area contributed by atoms with Gasteiger partial charge in [-0.25, -0.2) is 4.39 Å². The maximum Gasteiger partial charge on any atom is 0.123 e. The molecule has 2 aromatic carbocycles. The highest BCUT2D eigenvalue weighted by Crippen LogP contribution is 2.18. The van der Waals surface area contributed by atoms with Gasteiger partial charge in [0.05, 0.1) is 6.10 Å². The molecule has 1 N–H and O–H groups in total. The van der Waals surface area contributed by atoms with Gasteiger partial charge in [0.2, 0.25) is 0 Å². The molecule has 0 saturated carbocycles. The summed E-state index contributed by atoms with van der Waals surface area (Å²) in [7, 11) is 2.01. The van der Waals surface area contributed by atoms with Crippen LogP contribution in [0.4, 0.5) is 4.39 Å². The molecule has 0 amide bonds. The largest absolute Gasteiger partial charge is 0.388 e. The average Bonchev–Trinajstić information content (AvgIpc) is 2.48. The number of benzene rings is 2. The van der Waals surface area contributed by atoms with Crippen molar-refractivity contribution in [3.05, 3.63) is 70.5 Å². The minimum atomic E-state index is -0.571. The van der Waals surface area contributed by atoms with Crippen molar-refractivity contribution in [1.29, 1.82) is 0 Å². The number of aliphatic hydroxyl groups excluding tert-OH is 1. The molecule has 4 heteroatoms. The second-order valence-electron chi connectivity index (χ2n) is 5.22. The first kappa shape index (κ1) is 16.0. The van der Waals surface area contributed by atoms with Crippen LogP contribution >= 0.6 is 11.6 Å². The topological polar surface area (TPSA) is 23.5 Å². The molecular weight excluding hydrogens is 289 g/mol. The van der Waals surface area contributed by atoms with Crippen molar-refractivity contribution in [1.82, 2.24) is 4.90 Å². The molecule has 2 nitrogen and oxygen atoms in total. The minimum absolute atomic E-state index is 0.286. The van der Waals surface area contributed by atoms with Gasteiger partial charge in [-0.05, 0) is 48.9 Å². The summed E-state index contributed by atoms with van der Waals surface area (Å²) >= 11 is 5.86. The third-order valence-electron chi connectivity index (χ3n) is 3.40. The number of hydrogen-bond donors (Lipinski definition) is 1. The van der Waals surface area contributed by atoms with Crippen molar-refractivity contribution in [3.8, 4) is 0 Å². The average molecular weight is 308 g/mol. The maximum atomic E-state index is 12.8. The van der Waals surface area contributed by atoms with Crippen LogP contribution in [0.15, 0.2) is 48.5 Å². The molecule has 0 heterocycles. The Bertz CT molecular complexity index is 556. The standard InChI is InChI=1S/C17H19ClFNO/c1-20(12-13-2-6-15(18)7-3-13)11-10-17(21)14-4-8-16(19)9-5-14/h2-9,17,21H,10-12H2,1H3. The summed E-state index contributed by atoms with van der Waals surface area (Å²) in [5, 5.41) is 10.8. The Balaban J connectivity index is 1.81. The summed E-state index contributed by atoms with van der Waals surface area (Å²) in [6.07, 6.45) is 0.0358. The van der Waals surface area contributed by atoms with Crippen LogP contribution in [0.25, 0.3) is 0 Å². The first-order valence-electron chi connectivity index (χ1n) is 6.91. The Morgan fingerprint density at radius 2 is 1.71 bits per heavy atom. The monoisotopic (exact) mass is 307 g/mol. The first-order valence-corrected chi connectivity index (χ1v) is 7.29. The van der Waals surface area contributed by atoms with E-state index in [1.165, 1.54) is 17.7 Å². The second-order valence-corrected chi connectivity index (χ2v) is 5.66. The lowest BCUT2D eigenvalue weighted by Crippen LogP contribution is -2.20. The minimum Gasteiger partial charge on any atom is -0.388 e. The van der Waals surface area contributed by atoms with Crippen molar-refractivity contribution in [3.63, 3.8) is 0 Å². The zero-order valence-electron chi connectivity index (χ0n) is 12.0. The Kier molecular flexibility index (Phi) is 5.74. The third kappa shape index (κ3) is 5.12. The summed E-state index contributed by atoms with van der Waals surface area (Å²) in [5.41, 5.74) is 1.93. The van der Waals surface area contributed by atoms with Crippen LogP contribution in [0.1, 0.15) is 23.7 Å². The Hall–Kier alpha value is -1.42. The molecule has 21 heavy (non-hydrogen) atoms. The molecule has 1 atom stereocenters. The van der Waals surface area contributed by atoms with Crippen LogP contribution in [0.5, 0.6) is 0 Å². The molecule has 0 aliphatic carbocycles. The van der Waals surface area contributed by atoms with E-state index in [1.807, 2.05) is 31.3 Å². The van der Waals surface area contributed by atoms with Gasteiger partial charge in [0.1, 0.15) is 5.82 Å². The van der Waals surface area contributed by atoms with E-state index in [4.69, 9.17) is 11.6 Å². The highest BCUT2D eigenvalue weighted by atomic mass is 35.5. The van der Waals surface area contributed by atoms with Gasteiger partial charge in [-0.1, -0.05) is 35.9 Å². The molecule has 1 unspecified atom stereocenters.